The SMILES string of the molecule is [2H]C([2H])([2H])c1ccc(-c2ccc(F)cc2C)[n+](C)c1. The molecule has 0 fully saturated rings. The van der Waals surface area contributed by atoms with Crippen molar-refractivity contribution in [2.24, 2.45) is 7.05 Å². The van der Waals surface area contributed by atoms with Gasteiger partial charge in [0.15, 0.2) is 6.20 Å². The predicted octanol–water partition coefficient (Wildman–Crippen LogP) is 2.93. The van der Waals surface area contributed by atoms with Crippen molar-refractivity contribution in [3.05, 3.63) is 53.5 Å². The van der Waals surface area contributed by atoms with Crippen molar-refractivity contribution in [2.45, 2.75) is 13.8 Å². The second kappa shape index (κ2) is 4.05. The lowest BCUT2D eigenvalue weighted by Gasteiger charge is -2.04. The molecule has 1 aromatic heterocycles. The van der Waals surface area contributed by atoms with Gasteiger partial charge in [-0.1, -0.05) is 0 Å². The van der Waals surface area contributed by atoms with Crippen LogP contribution in [0.5, 0.6) is 0 Å². The molecule has 0 aliphatic carbocycles. The summed E-state index contributed by atoms with van der Waals surface area (Å²) in [5.41, 5.74) is 2.85. The van der Waals surface area contributed by atoms with Crippen molar-refractivity contribution in [1.29, 1.82) is 0 Å². The first kappa shape index (κ1) is 7.55. The zero-order chi connectivity index (χ0) is 14.2. The van der Waals surface area contributed by atoms with E-state index in [1.165, 1.54) is 12.1 Å². The van der Waals surface area contributed by atoms with Gasteiger partial charge in [0, 0.05) is 21.3 Å². The van der Waals surface area contributed by atoms with Crippen LogP contribution in [0, 0.1) is 19.6 Å². The van der Waals surface area contributed by atoms with Crippen molar-refractivity contribution in [1.82, 2.24) is 0 Å². The number of aromatic nitrogens is 1. The zero-order valence-corrected chi connectivity index (χ0v) is 9.29. The normalized spacial score (nSPS) is 14.1. The summed E-state index contributed by atoms with van der Waals surface area (Å²) in [6, 6.07) is 7.91. The predicted molar refractivity (Wildman–Crippen MR) is 62.5 cm³/mol. The Hall–Kier alpha value is -1.70. The lowest BCUT2D eigenvalue weighted by Crippen LogP contribution is -2.31. The summed E-state index contributed by atoms with van der Waals surface area (Å²) in [5.74, 6) is -0.275. The minimum Gasteiger partial charge on any atom is -0.207 e. The van der Waals surface area contributed by atoms with Crippen molar-refractivity contribution in [3.8, 4) is 11.3 Å². The van der Waals surface area contributed by atoms with Gasteiger partial charge in [0.1, 0.15) is 12.9 Å². The van der Waals surface area contributed by atoms with E-state index < -0.39 is 6.85 Å². The van der Waals surface area contributed by atoms with E-state index in [0.29, 0.717) is 5.56 Å². The molecule has 0 bridgehead atoms. The van der Waals surface area contributed by atoms with Crippen LogP contribution in [0.25, 0.3) is 11.3 Å². The Morgan fingerprint density at radius 3 is 2.69 bits per heavy atom. The van der Waals surface area contributed by atoms with Crippen molar-refractivity contribution >= 4 is 0 Å². The van der Waals surface area contributed by atoms with Gasteiger partial charge < -0.3 is 0 Å². The van der Waals surface area contributed by atoms with Gasteiger partial charge in [0.05, 0.1) is 0 Å². The summed E-state index contributed by atoms with van der Waals surface area (Å²) in [7, 11) is 1.79. The molecular weight excluding hydrogens is 201 g/mol. The molecule has 0 amide bonds. The molecule has 0 unspecified atom stereocenters. The average Bonchev–Trinajstić information content (AvgIpc) is 2.28. The second-order valence-corrected chi connectivity index (χ2v) is 3.87. The highest BCUT2D eigenvalue weighted by molar-refractivity contribution is 5.60. The largest absolute Gasteiger partial charge is 0.212 e. The molecule has 0 saturated heterocycles. The Kier molecular flexibility index (Phi) is 1.91. The molecule has 0 aliphatic heterocycles. The van der Waals surface area contributed by atoms with E-state index in [2.05, 4.69) is 0 Å². The van der Waals surface area contributed by atoms with Gasteiger partial charge in [-0.2, -0.15) is 0 Å². The first-order chi connectivity index (χ1) is 8.79. The highest BCUT2D eigenvalue weighted by Crippen LogP contribution is 2.20. The lowest BCUT2D eigenvalue weighted by atomic mass is 10.0. The third kappa shape index (κ3) is 1.96. The van der Waals surface area contributed by atoms with Crippen LogP contribution < -0.4 is 4.57 Å². The van der Waals surface area contributed by atoms with Crippen LogP contribution in [0.2, 0.25) is 0 Å². The molecule has 2 heteroatoms. The molecule has 1 heterocycles. The topological polar surface area (TPSA) is 3.88 Å². The maximum absolute atomic E-state index is 13.1. The third-order valence-corrected chi connectivity index (χ3v) is 2.60. The van der Waals surface area contributed by atoms with Gasteiger partial charge in [-0.3, -0.25) is 0 Å². The van der Waals surface area contributed by atoms with Crippen LogP contribution in [-0.2, 0) is 7.05 Å². The van der Waals surface area contributed by atoms with Gasteiger partial charge in [0.2, 0.25) is 5.69 Å². The number of rotatable bonds is 1. The Morgan fingerprint density at radius 2 is 2.06 bits per heavy atom. The van der Waals surface area contributed by atoms with E-state index in [0.717, 1.165) is 16.8 Å². The van der Waals surface area contributed by atoms with Gasteiger partial charge in [-0.25, -0.2) is 8.96 Å². The number of hydrogen-bond donors (Lipinski definition) is 0. The average molecular weight is 219 g/mol. The van der Waals surface area contributed by atoms with Gasteiger partial charge in [-0.15, -0.1) is 0 Å². The number of aryl methyl sites for hydroxylation is 3. The van der Waals surface area contributed by atoms with Crippen LogP contribution in [-0.4, -0.2) is 0 Å². The summed E-state index contributed by atoms with van der Waals surface area (Å²) in [6.07, 6.45) is 1.59. The Bertz CT molecular complexity index is 621. The highest BCUT2D eigenvalue weighted by atomic mass is 19.1. The third-order valence-electron chi connectivity index (χ3n) is 2.60. The maximum Gasteiger partial charge on any atom is 0.212 e. The highest BCUT2D eigenvalue weighted by Gasteiger charge is 2.12. The molecule has 1 nitrogen and oxygen atoms in total. The minimum atomic E-state index is -2.12. The number of pyridine rings is 1. The number of hydrogen-bond acceptors (Lipinski definition) is 0. The van der Waals surface area contributed by atoms with Crippen LogP contribution in [0.15, 0.2) is 36.5 Å². The molecule has 16 heavy (non-hydrogen) atoms. The van der Waals surface area contributed by atoms with Gasteiger partial charge >= 0.3 is 0 Å². The molecule has 82 valence electrons. The lowest BCUT2D eigenvalue weighted by molar-refractivity contribution is -0.660. The summed E-state index contributed by atoms with van der Waals surface area (Å²) in [4.78, 5) is 0. The summed E-state index contributed by atoms with van der Waals surface area (Å²) in [5, 5.41) is 0. The summed E-state index contributed by atoms with van der Waals surface area (Å²) < 4.78 is 37.0. The second-order valence-electron chi connectivity index (χ2n) is 3.87. The fourth-order valence-electron chi connectivity index (χ4n) is 1.80. The zero-order valence-electron chi connectivity index (χ0n) is 12.3. The Morgan fingerprint density at radius 1 is 1.25 bits per heavy atom. The van der Waals surface area contributed by atoms with E-state index in [1.54, 1.807) is 36.0 Å². The Labute approximate surface area is 99.4 Å². The van der Waals surface area contributed by atoms with E-state index in [4.69, 9.17) is 4.11 Å². The molecule has 0 spiro atoms. The molecule has 2 rings (SSSR count). The summed E-state index contributed by atoms with van der Waals surface area (Å²) >= 11 is 0. The standard InChI is InChI=1S/C14H15FN/c1-10-4-7-14(16(3)9-10)13-6-5-12(15)8-11(13)2/h4-9H,1-3H3/q+1/i1D3. The quantitative estimate of drug-likeness (QED) is 0.649. The fraction of sp³-hybridized carbons (Fsp3) is 0.214. The van der Waals surface area contributed by atoms with E-state index in [1.807, 2.05) is 6.92 Å². The maximum atomic E-state index is 13.1. The summed E-state index contributed by atoms with van der Waals surface area (Å²) in [6.45, 7) is -0.287. The fourth-order valence-corrected chi connectivity index (χ4v) is 1.80. The molecular formula is C14H15FN+. The number of halogens is 1. The first-order valence-electron chi connectivity index (χ1n) is 6.56. The van der Waals surface area contributed by atoms with Crippen molar-refractivity contribution in [2.75, 3.05) is 0 Å². The number of benzene rings is 1. The van der Waals surface area contributed by atoms with E-state index in [-0.39, 0.29) is 5.82 Å². The van der Waals surface area contributed by atoms with Crippen LogP contribution in [0.4, 0.5) is 4.39 Å². The molecule has 0 N–H and O–H groups in total. The van der Waals surface area contributed by atoms with Crippen molar-refractivity contribution < 1.29 is 13.1 Å². The van der Waals surface area contributed by atoms with Gasteiger partial charge in [0.25, 0.3) is 0 Å². The van der Waals surface area contributed by atoms with E-state index >= 15 is 0 Å². The van der Waals surface area contributed by atoms with Crippen molar-refractivity contribution in [3.63, 3.8) is 0 Å². The first-order valence-corrected chi connectivity index (χ1v) is 5.06. The molecule has 0 radical (unpaired) electrons. The Balaban J connectivity index is 2.52. The monoisotopic (exact) mass is 219 g/mol. The molecule has 0 aliphatic rings. The molecule has 0 atom stereocenters. The van der Waals surface area contributed by atoms with Gasteiger partial charge in [-0.05, 0) is 43.6 Å². The minimum absolute atomic E-state index is 0.275. The molecule has 2 aromatic rings. The molecule has 0 saturated carbocycles. The van der Waals surface area contributed by atoms with Crippen LogP contribution in [0.3, 0.4) is 0 Å². The van der Waals surface area contributed by atoms with Crippen LogP contribution in [0.1, 0.15) is 15.2 Å². The molecule has 1 aromatic carbocycles. The van der Waals surface area contributed by atoms with Crippen LogP contribution >= 0.6 is 0 Å². The van der Waals surface area contributed by atoms with E-state index in [9.17, 15) is 4.39 Å². The number of nitrogens with zero attached hydrogens (tertiary/aromatic N) is 1. The smallest absolute Gasteiger partial charge is 0.207 e.